The molecular weight excluding hydrogens is 240 g/mol. The van der Waals surface area contributed by atoms with Crippen LogP contribution in [-0.4, -0.2) is 53.3 Å². The van der Waals surface area contributed by atoms with Crippen molar-refractivity contribution in [1.29, 1.82) is 0 Å². The lowest BCUT2D eigenvalue weighted by Gasteiger charge is -2.38. The molecular formula is C14H26N4O. The van der Waals surface area contributed by atoms with Crippen LogP contribution in [0, 0.1) is 0 Å². The van der Waals surface area contributed by atoms with E-state index in [-0.39, 0.29) is 0 Å². The average molecular weight is 266 g/mol. The predicted octanol–water partition coefficient (Wildman–Crippen LogP) is 1.01. The summed E-state index contributed by atoms with van der Waals surface area (Å²) in [5, 5.41) is 3.65. The number of nitrogens with zero attached hydrogens (tertiary/aromatic N) is 3. The molecule has 1 aliphatic rings. The molecule has 1 fully saturated rings. The molecule has 0 aromatic carbocycles. The zero-order valence-corrected chi connectivity index (χ0v) is 12.3. The molecule has 1 saturated heterocycles. The standard InChI is InChI=1S/C14H26N4O/c1-4-6-15-12-5-9-19-11-13(12)18(3)10-14-16-7-8-17(14)2/h7-8,12-13,15H,4-6,9-11H2,1-3H3. The van der Waals surface area contributed by atoms with Gasteiger partial charge in [0.05, 0.1) is 13.2 Å². The van der Waals surface area contributed by atoms with Crippen LogP contribution in [0.1, 0.15) is 25.6 Å². The quantitative estimate of drug-likeness (QED) is 0.834. The Balaban J connectivity index is 1.94. The van der Waals surface area contributed by atoms with Crippen molar-refractivity contribution in [2.45, 2.75) is 38.4 Å². The summed E-state index contributed by atoms with van der Waals surface area (Å²) in [5.41, 5.74) is 0. The Morgan fingerprint density at radius 3 is 3.11 bits per heavy atom. The fourth-order valence-corrected chi connectivity index (χ4v) is 2.61. The second-order valence-corrected chi connectivity index (χ2v) is 5.36. The number of rotatable bonds is 6. The van der Waals surface area contributed by atoms with E-state index < -0.39 is 0 Å². The number of hydrogen-bond donors (Lipinski definition) is 1. The van der Waals surface area contributed by atoms with Crippen LogP contribution in [0.5, 0.6) is 0 Å². The summed E-state index contributed by atoms with van der Waals surface area (Å²) < 4.78 is 7.73. The van der Waals surface area contributed by atoms with E-state index >= 15 is 0 Å². The first-order valence-electron chi connectivity index (χ1n) is 7.20. The van der Waals surface area contributed by atoms with Gasteiger partial charge in [0.1, 0.15) is 5.82 Å². The number of aromatic nitrogens is 2. The van der Waals surface area contributed by atoms with E-state index in [1.807, 2.05) is 19.4 Å². The minimum atomic E-state index is 0.428. The summed E-state index contributed by atoms with van der Waals surface area (Å²) in [6.45, 7) is 5.83. The molecule has 19 heavy (non-hydrogen) atoms. The van der Waals surface area contributed by atoms with E-state index in [0.29, 0.717) is 12.1 Å². The predicted molar refractivity (Wildman–Crippen MR) is 76.0 cm³/mol. The molecule has 108 valence electrons. The highest BCUT2D eigenvalue weighted by Gasteiger charge is 2.28. The van der Waals surface area contributed by atoms with Crippen LogP contribution in [0.2, 0.25) is 0 Å². The largest absolute Gasteiger partial charge is 0.380 e. The number of likely N-dealkylation sites (N-methyl/N-ethyl adjacent to an activating group) is 1. The maximum absolute atomic E-state index is 5.65. The number of ether oxygens (including phenoxy) is 1. The minimum Gasteiger partial charge on any atom is -0.380 e. The monoisotopic (exact) mass is 266 g/mol. The maximum Gasteiger partial charge on any atom is 0.122 e. The molecule has 0 amide bonds. The molecule has 5 nitrogen and oxygen atoms in total. The Morgan fingerprint density at radius 2 is 2.42 bits per heavy atom. The van der Waals surface area contributed by atoms with Gasteiger partial charge in [-0.25, -0.2) is 4.98 Å². The van der Waals surface area contributed by atoms with Crippen molar-refractivity contribution in [3.63, 3.8) is 0 Å². The molecule has 1 aromatic heterocycles. The molecule has 0 saturated carbocycles. The average Bonchev–Trinajstić information content (AvgIpc) is 2.82. The van der Waals surface area contributed by atoms with Crippen LogP contribution in [0.4, 0.5) is 0 Å². The van der Waals surface area contributed by atoms with Gasteiger partial charge in [0, 0.05) is 38.1 Å². The van der Waals surface area contributed by atoms with Crippen LogP contribution < -0.4 is 5.32 Å². The highest BCUT2D eigenvalue weighted by Crippen LogP contribution is 2.15. The molecule has 0 aliphatic carbocycles. The van der Waals surface area contributed by atoms with Gasteiger partial charge in [-0.05, 0) is 26.4 Å². The molecule has 5 heteroatoms. The lowest BCUT2D eigenvalue weighted by atomic mass is 10.0. The summed E-state index contributed by atoms with van der Waals surface area (Å²) in [4.78, 5) is 6.75. The van der Waals surface area contributed by atoms with Crippen LogP contribution in [0.25, 0.3) is 0 Å². The van der Waals surface area contributed by atoms with Crippen molar-refractivity contribution in [1.82, 2.24) is 19.8 Å². The third kappa shape index (κ3) is 3.78. The van der Waals surface area contributed by atoms with Crippen molar-refractivity contribution < 1.29 is 4.74 Å². The van der Waals surface area contributed by atoms with Crippen LogP contribution in [0.15, 0.2) is 12.4 Å². The Hall–Kier alpha value is -0.910. The van der Waals surface area contributed by atoms with Gasteiger partial charge in [0.25, 0.3) is 0 Å². The van der Waals surface area contributed by atoms with Gasteiger partial charge in [0.2, 0.25) is 0 Å². The third-order valence-electron chi connectivity index (χ3n) is 3.86. The fraction of sp³-hybridized carbons (Fsp3) is 0.786. The zero-order valence-electron chi connectivity index (χ0n) is 12.3. The van der Waals surface area contributed by atoms with Gasteiger partial charge in [-0.1, -0.05) is 6.92 Å². The summed E-state index contributed by atoms with van der Waals surface area (Å²) >= 11 is 0. The second-order valence-electron chi connectivity index (χ2n) is 5.36. The fourth-order valence-electron chi connectivity index (χ4n) is 2.61. The summed E-state index contributed by atoms with van der Waals surface area (Å²) in [6.07, 6.45) is 6.11. The van der Waals surface area contributed by atoms with Crippen molar-refractivity contribution in [3.8, 4) is 0 Å². The Bertz CT molecular complexity index is 379. The molecule has 0 bridgehead atoms. The van der Waals surface area contributed by atoms with E-state index in [9.17, 15) is 0 Å². The number of aryl methyl sites for hydroxylation is 1. The Kier molecular flexibility index (Phi) is 5.36. The Morgan fingerprint density at radius 1 is 1.58 bits per heavy atom. The van der Waals surface area contributed by atoms with Gasteiger partial charge >= 0.3 is 0 Å². The van der Waals surface area contributed by atoms with Crippen LogP contribution >= 0.6 is 0 Å². The number of hydrogen-bond acceptors (Lipinski definition) is 4. The minimum absolute atomic E-state index is 0.428. The van der Waals surface area contributed by atoms with Crippen molar-refractivity contribution in [3.05, 3.63) is 18.2 Å². The molecule has 1 aliphatic heterocycles. The number of nitrogens with one attached hydrogen (secondary N) is 1. The molecule has 2 rings (SSSR count). The van der Waals surface area contributed by atoms with E-state index in [4.69, 9.17) is 4.74 Å². The van der Waals surface area contributed by atoms with Gasteiger partial charge < -0.3 is 14.6 Å². The SMILES string of the molecule is CCCNC1CCOCC1N(C)Cc1nccn1C. The van der Waals surface area contributed by atoms with Gasteiger partial charge in [0.15, 0.2) is 0 Å². The van der Waals surface area contributed by atoms with E-state index in [1.54, 1.807) is 0 Å². The van der Waals surface area contributed by atoms with Gasteiger partial charge in [-0.15, -0.1) is 0 Å². The highest BCUT2D eigenvalue weighted by molar-refractivity contribution is 4.94. The summed E-state index contributed by atoms with van der Waals surface area (Å²) in [7, 11) is 4.20. The van der Waals surface area contributed by atoms with Gasteiger partial charge in [-0.3, -0.25) is 4.90 Å². The smallest absolute Gasteiger partial charge is 0.122 e. The lowest BCUT2D eigenvalue weighted by molar-refractivity contribution is 0.00254. The first kappa shape index (κ1) is 14.5. The maximum atomic E-state index is 5.65. The zero-order chi connectivity index (χ0) is 13.7. The highest BCUT2D eigenvalue weighted by atomic mass is 16.5. The van der Waals surface area contributed by atoms with E-state index in [2.05, 4.69) is 33.7 Å². The van der Waals surface area contributed by atoms with Crippen molar-refractivity contribution in [2.24, 2.45) is 7.05 Å². The topological polar surface area (TPSA) is 42.3 Å². The second kappa shape index (κ2) is 7.03. The van der Waals surface area contributed by atoms with E-state index in [0.717, 1.165) is 38.5 Å². The van der Waals surface area contributed by atoms with Crippen molar-refractivity contribution in [2.75, 3.05) is 26.8 Å². The normalized spacial score (nSPS) is 24.0. The summed E-state index contributed by atoms with van der Waals surface area (Å²) in [6, 6.07) is 0.955. The molecule has 2 unspecified atom stereocenters. The van der Waals surface area contributed by atoms with Crippen LogP contribution in [0.3, 0.4) is 0 Å². The summed E-state index contributed by atoms with van der Waals surface area (Å²) in [5.74, 6) is 1.10. The van der Waals surface area contributed by atoms with Gasteiger partial charge in [-0.2, -0.15) is 0 Å². The van der Waals surface area contributed by atoms with Crippen LogP contribution in [-0.2, 0) is 18.3 Å². The van der Waals surface area contributed by atoms with E-state index in [1.165, 1.54) is 6.42 Å². The number of imidazole rings is 1. The first-order chi connectivity index (χ1) is 9.22. The molecule has 1 aromatic rings. The molecule has 0 spiro atoms. The molecule has 1 N–H and O–H groups in total. The first-order valence-corrected chi connectivity index (χ1v) is 7.20. The molecule has 0 radical (unpaired) electrons. The Labute approximate surface area is 116 Å². The molecule has 2 heterocycles. The molecule has 2 atom stereocenters. The third-order valence-corrected chi connectivity index (χ3v) is 3.86. The lowest BCUT2D eigenvalue weighted by Crippen LogP contribution is -2.54. The van der Waals surface area contributed by atoms with Crippen molar-refractivity contribution >= 4 is 0 Å².